The second-order valence-corrected chi connectivity index (χ2v) is 9.57. The predicted molar refractivity (Wildman–Crippen MR) is 64.6 cm³/mol. The Kier molecular flexibility index (Phi) is 5.66. The van der Waals surface area contributed by atoms with Gasteiger partial charge in [0.15, 0.2) is 6.16 Å². The molecule has 0 atom stereocenters. The number of rotatable bonds is 5. The molecule has 0 bridgehead atoms. The lowest BCUT2D eigenvalue weighted by molar-refractivity contribution is -0.140. The molecule has 84 valence electrons. The quantitative estimate of drug-likeness (QED) is 0.525. The standard InChI is InChI=1S/C11H24O2P/c1-7-13-11(12)8-14(6,9(2)3)10(4)5/h9-10H,7-8H2,1-6H3/q+1. The molecule has 3 heteroatoms. The molecule has 0 unspecified atom stereocenters. The van der Waals surface area contributed by atoms with Crippen LogP contribution < -0.4 is 0 Å². The fraction of sp³-hybridized carbons (Fsp3) is 0.909. The van der Waals surface area contributed by atoms with Crippen LogP contribution in [-0.4, -0.2) is 36.7 Å². The second-order valence-electron chi connectivity index (χ2n) is 4.50. The van der Waals surface area contributed by atoms with Gasteiger partial charge in [0.25, 0.3) is 0 Å². The third-order valence-electron chi connectivity index (χ3n) is 3.13. The molecule has 0 N–H and O–H groups in total. The van der Waals surface area contributed by atoms with Gasteiger partial charge in [0, 0.05) is 13.9 Å². The van der Waals surface area contributed by atoms with Gasteiger partial charge in [-0.15, -0.1) is 0 Å². The van der Waals surface area contributed by atoms with Crippen molar-refractivity contribution in [2.24, 2.45) is 0 Å². The van der Waals surface area contributed by atoms with E-state index >= 15 is 0 Å². The maximum absolute atomic E-state index is 11.5. The zero-order valence-electron chi connectivity index (χ0n) is 10.3. The summed E-state index contributed by atoms with van der Waals surface area (Å²) in [7, 11) is -1.17. The minimum absolute atomic E-state index is 0.0225. The zero-order valence-corrected chi connectivity index (χ0v) is 11.2. The fourth-order valence-electron chi connectivity index (χ4n) is 1.45. The Morgan fingerprint density at radius 2 is 1.64 bits per heavy atom. The maximum Gasteiger partial charge on any atom is 0.343 e. The van der Waals surface area contributed by atoms with Gasteiger partial charge < -0.3 is 4.74 Å². The van der Waals surface area contributed by atoms with Crippen molar-refractivity contribution in [1.29, 1.82) is 0 Å². The molecular formula is C11H24O2P+. The van der Waals surface area contributed by atoms with E-state index in [1.54, 1.807) is 0 Å². The van der Waals surface area contributed by atoms with Crippen molar-refractivity contribution in [2.45, 2.75) is 45.9 Å². The SMILES string of the molecule is CCOC(=O)C[P+](C)(C(C)C)C(C)C. The molecule has 14 heavy (non-hydrogen) atoms. The number of carbonyl (C=O) groups is 1. The summed E-state index contributed by atoms with van der Waals surface area (Å²) in [4.78, 5) is 11.5. The number of hydrogen-bond acceptors (Lipinski definition) is 2. The Labute approximate surface area is 88.7 Å². The fourth-order valence-corrected chi connectivity index (χ4v) is 4.02. The first-order valence-corrected chi connectivity index (χ1v) is 7.91. The van der Waals surface area contributed by atoms with Gasteiger partial charge in [-0.25, -0.2) is 4.79 Å². The normalized spacial score (nSPS) is 12.3. The van der Waals surface area contributed by atoms with Crippen molar-refractivity contribution in [3.05, 3.63) is 0 Å². The maximum atomic E-state index is 11.5. The van der Waals surface area contributed by atoms with Crippen LogP contribution in [0.15, 0.2) is 0 Å². The molecule has 0 saturated heterocycles. The molecule has 0 saturated carbocycles. The van der Waals surface area contributed by atoms with Crippen molar-refractivity contribution in [3.8, 4) is 0 Å². The van der Waals surface area contributed by atoms with Crippen LogP contribution >= 0.6 is 7.26 Å². The molecule has 0 spiro atoms. The summed E-state index contributed by atoms with van der Waals surface area (Å²) in [5.41, 5.74) is 1.21. The molecule has 0 aromatic carbocycles. The van der Waals surface area contributed by atoms with Gasteiger partial charge >= 0.3 is 5.97 Å². The van der Waals surface area contributed by atoms with Crippen molar-refractivity contribution >= 4 is 13.2 Å². The lowest BCUT2D eigenvalue weighted by Crippen LogP contribution is -2.23. The minimum Gasteiger partial charge on any atom is -0.463 e. The first-order chi connectivity index (χ1) is 6.34. The van der Waals surface area contributed by atoms with Gasteiger partial charge in [-0.3, -0.25) is 0 Å². The lowest BCUT2D eigenvalue weighted by Gasteiger charge is -2.29. The summed E-state index contributed by atoms with van der Waals surface area (Å²) < 4.78 is 5.03. The summed E-state index contributed by atoms with van der Waals surface area (Å²) in [5.74, 6) is -0.0225. The third-order valence-corrected chi connectivity index (χ3v) is 8.79. The summed E-state index contributed by atoms with van der Waals surface area (Å²) in [6, 6.07) is 0. The molecule has 2 nitrogen and oxygen atoms in total. The van der Waals surface area contributed by atoms with Gasteiger partial charge in [-0.1, -0.05) is 0 Å². The van der Waals surface area contributed by atoms with Crippen LogP contribution in [-0.2, 0) is 9.53 Å². The highest BCUT2D eigenvalue weighted by Gasteiger charge is 2.41. The third kappa shape index (κ3) is 3.57. The van der Waals surface area contributed by atoms with Crippen LogP contribution in [0.5, 0.6) is 0 Å². The monoisotopic (exact) mass is 219 g/mol. The zero-order chi connectivity index (χ0) is 11.4. The molecule has 0 radical (unpaired) electrons. The van der Waals surface area contributed by atoms with Gasteiger partial charge in [0.1, 0.15) is 0 Å². The van der Waals surface area contributed by atoms with Gasteiger partial charge in [-0.05, 0) is 34.6 Å². The Bertz CT molecular complexity index is 180. The van der Waals surface area contributed by atoms with E-state index in [0.717, 1.165) is 0 Å². The van der Waals surface area contributed by atoms with E-state index in [4.69, 9.17) is 4.74 Å². The topological polar surface area (TPSA) is 26.3 Å². The van der Waals surface area contributed by atoms with Gasteiger partial charge in [0.05, 0.1) is 17.9 Å². The molecule has 0 aliphatic carbocycles. The summed E-state index contributed by atoms with van der Waals surface area (Å²) in [6.07, 6.45) is 0.635. The smallest absolute Gasteiger partial charge is 0.343 e. The Morgan fingerprint density at radius 3 is 1.93 bits per heavy atom. The molecular weight excluding hydrogens is 195 g/mol. The second kappa shape index (κ2) is 5.70. The Morgan fingerprint density at radius 1 is 1.21 bits per heavy atom. The molecule has 0 heterocycles. The molecule has 0 fully saturated rings. The van der Waals surface area contributed by atoms with Crippen molar-refractivity contribution < 1.29 is 9.53 Å². The average Bonchev–Trinajstić information content (AvgIpc) is 2.03. The van der Waals surface area contributed by atoms with Gasteiger partial charge in [0.2, 0.25) is 0 Å². The molecule has 0 rings (SSSR count). The van der Waals surface area contributed by atoms with Gasteiger partial charge in [-0.2, -0.15) is 0 Å². The van der Waals surface area contributed by atoms with Crippen LogP contribution in [0.1, 0.15) is 34.6 Å². The molecule has 0 aromatic heterocycles. The van der Waals surface area contributed by atoms with Crippen molar-refractivity contribution in [3.63, 3.8) is 0 Å². The highest BCUT2D eigenvalue weighted by atomic mass is 31.2. The molecule has 0 aliphatic heterocycles. The average molecular weight is 219 g/mol. The van der Waals surface area contributed by atoms with E-state index in [1.807, 2.05) is 6.92 Å². The van der Waals surface area contributed by atoms with E-state index in [2.05, 4.69) is 34.4 Å². The first-order valence-electron chi connectivity index (χ1n) is 5.35. The first kappa shape index (κ1) is 13.9. The van der Waals surface area contributed by atoms with E-state index in [1.165, 1.54) is 0 Å². The van der Waals surface area contributed by atoms with Crippen LogP contribution in [0, 0.1) is 0 Å². The van der Waals surface area contributed by atoms with Crippen molar-refractivity contribution in [2.75, 3.05) is 19.4 Å². The van der Waals surface area contributed by atoms with Crippen LogP contribution in [0.25, 0.3) is 0 Å². The van der Waals surface area contributed by atoms with Crippen LogP contribution in [0.2, 0.25) is 0 Å². The van der Waals surface area contributed by atoms with Crippen LogP contribution in [0.4, 0.5) is 0 Å². The number of esters is 1. The molecule has 0 amide bonds. The van der Waals surface area contributed by atoms with E-state index in [9.17, 15) is 4.79 Å². The van der Waals surface area contributed by atoms with E-state index in [-0.39, 0.29) is 5.97 Å². The highest BCUT2D eigenvalue weighted by molar-refractivity contribution is 7.77. The van der Waals surface area contributed by atoms with E-state index < -0.39 is 7.26 Å². The lowest BCUT2D eigenvalue weighted by atomic mass is 10.5. The number of ether oxygens (including phenoxy) is 1. The largest absolute Gasteiger partial charge is 0.463 e. The molecule has 0 aromatic rings. The number of carbonyl (C=O) groups excluding carboxylic acids is 1. The molecule has 0 aliphatic rings. The highest BCUT2D eigenvalue weighted by Crippen LogP contribution is 2.63. The van der Waals surface area contributed by atoms with Crippen molar-refractivity contribution in [1.82, 2.24) is 0 Å². The predicted octanol–water partition coefficient (Wildman–Crippen LogP) is 3.01. The van der Waals surface area contributed by atoms with Crippen LogP contribution in [0.3, 0.4) is 0 Å². The summed E-state index contributed by atoms with van der Waals surface area (Å²) in [6.45, 7) is 13.5. The summed E-state index contributed by atoms with van der Waals surface area (Å²) in [5, 5.41) is 0. The summed E-state index contributed by atoms with van der Waals surface area (Å²) >= 11 is 0. The Balaban J connectivity index is 4.45. The minimum atomic E-state index is -1.17. The van der Waals surface area contributed by atoms with E-state index in [0.29, 0.717) is 24.1 Å². The number of hydrogen-bond donors (Lipinski definition) is 0. The Hall–Kier alpha value is -0.100.